The lowest BCUT2D eigenvalue weighted by Crippen LogP contribution is -2.44. The van der Waals surface area contributed by atoms with Crippen molar-refractivity contribution in [1.82, 2.24) is 20.2 Å². The van der Waals surface area contributed by atoms with Crippen LogP contribution in [-0.2, 0) is 0 Å². The van der Waals surface area contributed by atoms with Gasteiger partial charge in [-0.2, -0.15) is 0 Å². The Morgan fingerprint density at radius 1 is 1.35 bits per heavy atom. The van der Waals surface area contributed by atoms with Gasteiger partial charge in [0.25, 0.3) is 0 Å². The van der Waals surface area contributed by atoms with Gasteiger partial charge in [0.1, 0.15) is 5.82 Å². The summed E-state index contributed by atoms with van der Waals surface area (Å²) in [6.45, 7) is 5.12. The molecule has 20 heavy (non-hydrogen) atoms. The molecule has 1 aromatic carbocycles. The molecule has 0 aliphatic carbocycles. The average Bonchev–Trinajstić information content (AvgIpc) is 2.81. The van der Waals surface area contributed by atoms with Crippen molar-refractivity contribution in [3.63, 3.8) is 0 Å². The lowest BCUT2D eigenvalue weighted by atomic mass is 10.1. The molecule has 1 atom stereocenters. The molecule has 1 saturated heterocycles. The average molecular weight is 335 g/mol. The molecule has 0 radical (unpaired) electrons. The molecule has 3 rings (SSSR count). The molecule has 1 fully saturated rings. The molecule has 2 N–H and O–H groups in total. The minimum Gasteiger partial charge on any atom is -0.344 e. The van der Waals surface area contributed by atoms with Gasteiger partial charge in [0, 0.05) is 35.4 Å². The molecule has 1 aliphatic rings. The molecule has 1 unspecified atom stereocenters. The minimum atomic E-state index is 0.318. The van der Waals surface area contributed by atoms with Crippen LogP contribution in [0.4, 0.5) is 0 Å². The van der Waals surface area contributed by atoms with E-state index in [0.29, 0.717) is 6.04 Å². The van der Waals surface area contributed by atoms with E-state index in [0.717, 1.165) is 46.9 Å². The second-order valence-corrected chi connectivity index (χ2v) is 6.13. The largest absolute Gasteiger partial charge is 0.344 e. The van der Waals surface area contributed by atoms with Gasteiger partial charge in [-0.05, 0) is 20.0 Å². The Morgan fingerprint density at radius 2 is 2.15 bits per heavy atom. The van der Waals surface area contributed by atoms with Gasteiger partial charge in [0.05, 0.1) is 11.7 Å². The number of nitrogens with one attached hydrogen (secondary N) is 2. The molecule has 0 spiro atoms. The van der Waals surface area contributed by atoms with E-state index in [-0.39, 0.29) is 0 Å². The molecule has 2 aromatic rings. The third kappa shape index (κ3) is 2.53. The van der Waals surface area contributed by atoms with Crippen molar-refractivity contribution >= 4 is 15.9 Å². The normalized spacial score (nSPS) is 20.2. The number of aromatic amines is 1. The maximum absolute atomic E-state index is 4.85. The number of H-pyrrole nitrogens is 1. The topological polar surface area (TPSA) is 44.0 Å². The number of likely N-dealkylation sites (N-methyl/N-ethyl adjacent to an activating group) is 1. The fourth-order valence-corrected chi connectivity index (χ4v) is 3.14. The number of hydrogen-bond acceptors (Lipinski definition) is 3. The minimum absolute atomic E-state index is 0.318. The molecular formula is C15H19BrN4. The molecule has 4 nitrogen and oxygen atoms in total. The molecule has 106 valence electrons. The third-order valence-electron chi connectivity index (χ3n) is 3.86. The van der Waals surface area contributed by atoms with E-state index in [9.17, 15) is 0 Å². The number of halogens is 1. The van der Waals surface area contributed by atoms with Crippen LogP contribution in [0, 0.1) is 6.92 Å². The van der Waals surface area contributed by atoms with E-state index in [2.05, 4.69) is 57.2 Å². The summed E-state index contributed by atoms with van der Waals surface area (Å²) < 4.78 is 1.08. The Hall–Kier alpha value is -1.17. The summed E-state index contributed by atoms with van der Waals surface area (Å²) >= 11 is 3.61. The highest BCUT2D eigenvalue weighted by molar-refractivity contribution is 9.10. The third-order valence-corrected chi connectivity index (χ3v) is 4.55. The van der Waals surface area contributed by atoms with Gasteiger partial charge in [-0.3, -0.25) is 4.90 Å². The zero-order valence-corrected chi connectivity index (χ0v) is 13.4. The molecule has 2 heterocycles. The van der Waals surface area contributed by atoms with E-state index in [1.54, 1.807) is 0 Å². The molecule has 0 bridgehead atoms. The van der Waals surface area contributed by atoms with E-state index >= 15 is 0 Å². The van der Waals surface area contributed by atoms with Crippen LogP contribution in [0.15, 0.2) is 28.7 Å². The van der Waals surface area contributed by atoms with Crippen LogP contribution in [0.2, 0.25) is 0 Å². The molecular weight excluding hydrogens is 316 g/mol. The maximum atomic E-state index is 4.85. The Balaban J connectivity index is 1.97. The first-order valence-corrected chi connectivity index (χ1v) is 7.68. The smallest absolute Gasteiger partial charge is 0.125 e. The fourth-order valence-electron chi connectivity index (χ4n) is 2.67. The lowest BCUT2D eigenvalue weighted by Gasteiger charge is -2.31. The van der Waals surface area contributed by atoms with E-state index in [1.807, 2.05) is 12.1 Å². The summed E-state index contributed by atoms with van der Waals surface area (Å²) in [6, 6.07) is 8.54. The van der Waals surface area contributed by atoms with Gasteiger partial charge in [0.2, 0.25) is 0 Å². The van der Waals surface area contributed by atoms with Gasteiger partial charge in [-0.25, -0.2) is 4.98 Å². The van der Waals surface area contributed by atoms with Crippen molar-refractivity contribution in [3.05, 3.63) is 40.3 Å². The predicted molar refractivity (Wildman–Crippen MR) is 84.7 cm³/mol. The SMILES string of the molecule is Cc1[nH]c(C2CNCCN2C)nc1-c1ccccc1Br. The Bertz CT molecular complexity index is 608. The molecule has 1 aliphatic heterocycles. The van der Waals surface area contributed by atoms with Crippen LogP contribution in [0.5, 0.6) is 0 Å². The monoisotopic (exact) mass is 334 g/mol. The summed E-state index contributed by atoms with van der Waals surface area (Å²) in [5.41, 5.74) is 3.29. The number of nitrogens with zero attached hydrogens (tertiary/aromatic N) is 2. The number of rotatable bonds is 2. The number of aryl methyl sites for hydroxylation is 1. The summed E-state index contributed by atoms with van der Waals surface area (Å²) in [4.78, 5) is 10.7. The quantitative estimate of drug-likeness (QED) is 0.887. The number of benzene rings is 1. The van der Waals surface area contributed by atoms with Crippen LogP contribution in [0.1, 0.15) is 17.6 Å². The number of aromatic nitrogens is 2. The van der Waals surface area contributed by atoms with E-state index < -0.39 is 0 Å². The fraction of sp³-hybridized carbons (Fsp3) is 0.400. The Labute approximate surface area is 127 Å². The van der Waals surface area contributed by atoms with Gasteiger partial charge in [-0.1, -0.05) is 34.1 Å². The first-order valence-electron chi connectivity index (χ1n) is 6.89. The van der Waals surface area contributed by atoms with Gasteiger partial charge in [-0.15, -0.1) is 0 Å². The Kier molecular flexibility index (Phi) is 3.92. The van der Waals surface area contributed by atoms with Crippen LogP contribution < -0.4 is 5.32 Å². The summed E-state index contributed by atoms with van der Waals surface area (Å²) in [5, 5.41) is 3.43. The standard InChI is InChI=1S/C15H19BrN4/c1-10-14(11-5-3-4-6-12(11)16)19-15(18-10)13-9-17-7-8-20(13)2/h3-6,13,17H,7-9H2,1-2H3,(H,18,19). The van der Waals surface area contributed by atoms with Gasteiger partial charge < -0.3 is 10.3 Å². The molecule has 0 amide bonds. The van der Waals surface area contributed by atoms with E-state index in [1.165, 1.54) is 0 Å². The highest BCUT2D eigenvalue weighted by atomic mass is 79.9. The molecule has 1 aromatic heterocycles. The van der Waals surface area contributed by atoms with Crippen LogP contribution in [-0.4, -0.2) is 41.5 Å². The summed E-state index contributed by atoms with van der Waals surface area (Å²) in [7, 11) is 2.15. The van der Waals surface area contributed by atoms with E-state index in [4.69, 9.17) is 4.98 Å². The number of imidazole rings is 1. The number of piperazine rings is 1. The molecule has 5 heteroatoms. The first kappa shape index (κ1) is 13.8. The zero-order valence-electron chi connectivity index (χ0n) is 11.8. The lowest BCUT2D eigenvalue weighted by molar-refractivity contribution is 0.195. The van der Waals surface area contributed by atoms with Crippen molar-refractivity contribution in [2.45, 2.75) is 13.0 Å². The van der Waals surface area contributed by atoms with Crippen molar-refractivity contribution in [2.75, 3.05) is 26.7 Å². The van der Waals surface area contributed by atoms with Gasteiger partial charge >= 0.3 is 0 Å². The second kappa shape index (κ2) is 5.68. The predicted octanol–water partition coefficient (Wildman–Crippen LogP) is 2.72. The van der Waals surface area contributed by atoms with Crippen molar-refractivity contribution in [3.8, 4) is 11.3 Å². The summed E-state index contributed by atoms with van der Waals surface area (Å²) in [6.07, 6.45) is 0. The number of hydrogen-bond donors (Lipinski definition) is 2. The summed E-state index contributed by atoms with van der Waals surface area (Å²) in [5.74, 6) is 1.04. The maximum Gasteiger partial charge on any atom is 0.125 e. The molecule has 0 saturated carbocycles. The first-order chi connectivity index (χ1) is 9.66. The second-order valence-electron chi connectivity index (χ2n) is 5.28. The zero-order chi connectivity index (χ0) is 14.1. The highest BCUT2D eigenvalue weighted by Crippen LogP contribution is 2.30. The highest BCUT2D eigenvalue weighted by Gasteiger charge is 2.24. The van der Waals surface area contributed by atoms with Gasteiger partial charge in [0.15, 0.2) is 0 Å². The van der Waals surface area contributed by atoms with Crippen molar-refractivity contribution in [2.24, 2.45) is 0 Å². The van der Waals surface area contributed by atoms with Crippen molar-refractivity contribution < 1.29 is 0 Å². The Morgan fingerprint density at radius 3 is 2.90 bits per heavy atom. The van der Waals surface area contributed by atoms with Crippen LogP contribution >= 0.6 is 15.9 Å². The van der Waals surface area contributed by atoms with Crippen molar-refractivity contribution in [1.29, 1.82) is 0 Å². The van der Waals surface area contributed by atoms with Crippen LogP contribution in [0.3, 0.4) is 0 Å². The van der Waals surface area contributed by atoms with Crippen LogP contribution in [0.25, 0.3) is 11.3 Å².